The molecule has 3 aromatic rings. The van der Waals surface area contributed by atoms with Crippen LogP contribution in [0.4, 0.5) is 5.82 Å². The molecule has 0 aliphatic carbocycles. The van der Waals surface area contributed by atoms with Crippen LogP contribution in [-0.2, 0) is 4.74 Å². The molecule has 25 heavy (non-hydrogen) atoms. The normalized spacial score (nSPS) is 19.8. The van der Waals surface area contributed by atoms with Crippen molar-refractivity contribution in [1.82, 2.24) is 14.9 Å². The molecule has 0 amide bonds. The average molecular weight is 354 g/mol. The van der Waals surface area contributed by atoms with Gasteiger partial charge in [-0.15, -0.1) is 0 Å². The summed E-state index contributed by atoms with van der Waals surface area (Å²) < 4.78 is 5.95. The van der Waals surface area contributed by atoms with Gasteiger partial charge in [-0.2, -0.15) is 11.3 Å². The highest BCUT2D eigenvalue weighted by molar-refractivity contribution is 7.08. The van der Waals surface area contributed by atoms with Gasteiger partial charge in [0, 0.05) is 29.4 Å². The highest BCUT2D eigenvalue weighted by Crippen LogP contribution is 2.27. The molecule has 2 atom stereocenters. The van der Waals surface area contributed by atoms with Crippen molar-refractivity contribution in [2.24, 2.45) is 0 Å². The first-order valence-corrected chi connectivity index (χ1v) is 9.51. The summed E-state index contributed by atoms with van der Waals surface area (Å²) in [6.45, 7) is 4.85. The lowest BCUT2D eigenvalue weighted by molar-refractivity contribution is -0.0259. The van der Waals surface area contributed by atoms with E-state index in [9.17, 15) is 0 Å². The van der Waals surface area contributed by atoms with Gasteiger partial charge in [-0.25, -0.2) is 9.97 Å². The SMILES string of the molecule is CC(Nc1nc(-c2ccsc2)nc2ccccc12)C1CN(C)CCO1. The minimum atomic E-state index is 0.150. The van der Waals surface area contributed by atoms with Crippen LogP contribution in [-0.4, -0.2) is 53.8 Å². The van der Waals surface area contributed by atoms with Crippen LogP contribution in [0, 0.1) is 0 Å². The Morgan fingerprint density at radius 2 is 2.16 bits per heavy atom. The van der Waals surface area contributed by atoms with Crippen LogP contribution in [0.25, 0.3) is 22.3 Å². The molecule has 0 bridgehead atoms. The highest BCUT2D eigenvalue weighted by Gasteiger charge is 2.24. The highest BCUT2D eigenvalue weighted by atomic mass is 32.1. The first-order valence-electron chi connectivity index (χ1n) is 8.57. The molecule has 0 spiro atoms. The molecule has 130 valence electrons. The number of benzene rings is 1. The van der Waals surface area contributed by atoms with Crippen LogP contribution in [0.3, 0.4) is 0 Å². The Kier molecular flexibility index (Phi) is 4.65. The molecular formula is C19H22N4OS. The lowest BCUT2D eigenvalue weighted by Crippen LogP contribution is -2.47. The van der Waals surface area contributed by atoms with Crippen LogP contribution in [0.5, 0.6) is 0 Å². The fourth-order valence-electron chi connectivity index (χ4n) is 3.13. The predicted octanol–water partition coefficient (Wildman–Crippen LogP) is 3.49. The van der Waals surface area contributed by atoms with Gasteiger partial charge >= 0.3 is 0 Å². The van der Waals surface area contributed by atoms with Crippen LogP contribution in [0.2, 0.25) is 0 Å². The summed E-state index contributed by atoms with van der Waals surface area (Å²) in [5.74, 6) is 1.63. The Bertz CT molecular complexity index is 852. The summed E-state index contributed by atoms with van der Waals surface area (Å²) in [4.78, 5) is 11.8. The largest absolute Gasteiger partial charge is 0.373 e. The zero-order valence-electron chi connectivity index (χ0n) is 14.5. The van der Waals surface area contributed by atoms with Crippen LogP contribution >= 0.6 is 11.3 Å². The Morgan fingerprint density at radius 3 is 2.96 bits per heavy atom. The van der Waals surface area contributed by atoms with Crippen molar-refractivity contribution in [2.45, 2.75) is 19.1 Å². The fourth-order valence-corrected chi connectivity index (χ4v) is 3.76. The third-order valence-corrected chi connectivity index (χ3v) is 5.28. The van der Waals surface area contributed by atoms with Gasteiger partial charge in [-0.3, -0.25) is 0 Å². The van der Waals surface area contributed by atoms with E-state index in [-0.39, 0.29) is 12.1 Å². The molecule has 1 aliphatic rings. The molecule has 1 aromatic carbocycles. The van der Waals surface area contributed by atoms with E-state index < -0.39 is 0 Å². The standard InChI is InChI=1S/C19H22N4OS/c1-13(17-11-23(2)8-9-24-17)20-19-15-5-3-4-6-16(15)21-18(22-19)14-7-10-25-12-14/h3-7,10,12-13,17H,8-9,11H2,1-2H3,(H,20,21,22). The number of thiophene rings is 1. The van der Waals surface area contributed by atoms with Crippen molar-refractivity contribution in [2.75, 3.05) is 32.1 Å². The number of hydrogen-bond acceptors (Lipinski definition) is 6. The number of fused-ring (bicyclic) bond motifs is 1. The second-order valence-electron chi connectivity index (χ2n) is 6.53. The zero-order valence-corrected chi connectivity index (χ0v) is 15.3. The smallest absolute Gasteiger partial charge is 0.162 e. The van der Waals surface area contributed by atoms with Gasteiger partial charge in [-0.1, -0.05) is 12.1 Å². The number of rotatable bonds is 4. The number of morpholine rings is 1. The summed E-state index contributed by atoms with van der Waals surface area (Å²) in [7, 11) is 2.14. The molecule has 3 heterocycles. The van der Waals surface area contributed by atoms with Gasteiger partial charge < -0.3 is 15.0 Å². The first-order chi connectivity index (χ1) is 12.2. The monoisotopic (exact) mass is 354 g/mol. The average Bonchev–Trinajstić information content (AvgIpc) is 3.16. The number of nitrogens with one attached hydrogen (secondary N) is 1. The number of hydrogen-bond donors (Lipinski definition) is 1. The molecule has 1 N–H and O–H groups in total. The first kappa shape index (κ1) is 16.4. The maximum atomic E-state index is 5.95. The summed E-state index contributed by atoms with van der Waals surface area (Å²) in [6, 6.07) is 10.4. The molecule has 2 aromatic heterocycles. The molecule has 6 heteroatoms. The van der Waals surface area contributed by atoms with E-state index >= 15 is 0 Å². The Hall–Kier alpha value is -2.02. The van der Waals surface area contributed by atoms with E-state index in [0.29, 0.717) is 0 Å². The quantitative estimate of drug-likeness (QED) is 0.777. The maximum Gasteiger partial charge on any atom is 0.162 e. The van der Waals surface area contributed by atoms with Crippen LogP contribution in [0.1, 0.15) is 6.92 Å². The minimum Gasteiger partial charge on any atom is -0.373 e. The summed E-state index contributed by atoms with van der Waals surface area (Å²) >= 11 is 1.66. The van der Waals surface area contributed by atoms with E-state index in [1.165, 1.54) is 0 Å². The van der Waals surface area contributed by atoms with Gasteiger partial charge in [0.15, 0.2) is 5.82 Å². The Labute approximate surface area is 151 Å². The molecule has 1 aliphatic heterocycles. The minimum absolute atomic E-state index is 0.150. The van der Waals surface area contributed by atoms with Crippen molar-refractivity contribution < 1.29 is 4.74 Å². The number of aromatic nitrogens is 2. The molecule has 1 saturated heterocycles. The van der Waals surface area contributed by atoms with E-state index in [1.807, 2.05) is 18.2 Å². The third kappa shape index (κ3) is 3.51. The Balaban J connectivity index is 1.67. The van der Waals surface area contributed by atoms with Gasteiger partial charge in [0.25, 0.3) is 0 Å². The number of nitrogens with zero attached hydrogens (tertiary/aromatic N) is 3. The van der Waals surface area contributed by atoms with E-state index in [4.69, 9.17) is 14.7 Å². The van der Waals surface area contributed by atoms with Gasteiger partial charge in [0.05, 0.1) is 24.3 Å². The van der Waals surface area contributed by atoms with Crippen molar-refractivity contribution in [3.63, 3.8) is 0 Å². The van der Waals surface area contributed by atoms with Gasteiger partial charge in [-0.05, 0) is 37.6 Å². The number of ether oxygens (including phenoxy) is 1. The summed E-state index contributed by atoms with van der Waals surface area (Å²) in [5.41, 5.74) is 2.01. The van der Waals surface area contributed by atoms with E-state index in [2.05, 4.69) is 47.1 Å². The fraction of sp³-hybridized carbons (Fsp3) is 0.368. The van der Waals surface area contributed by atoms with Crippen molar-refractivity contribution in [1.29, 1.82) is 0 Å². The molecular weight excluding hydrogens is 332 g/mol. The second-order valence-corrected chi connectivity index (χ2v) is 7.31. The molecule has 1 fully saturated rings. The number of anilines is 1. The lowest BCUT2D eigenvalue weighted by atomic mass is 10.1. The summed E-state index contributed by atoms with van der Waals surface area (Å²) in [6.07, 6.45) is 0.150. The molecule has 0 saturated carbocycles. The molecule has 2 unspecified atom stereocenters. The number of likely N-dealkylation sites (N-methyl/N-ethyl adjacent to an activating group) is 1. The second kappa shape index (κ2) is 7.07. The summed E-state index contributed by atoms with van der Waals surface area (Å²) in [5, 5.41) is 8.75. The number of para-hydroxylation sites is 1. The van der Waals surface area contributed by atoms with E-state index in [0.717, 1.165) is 47.8 Å². The lowest BCUT2D eigenvalue weighted by Gasteiger charge is -2.34. The third-order valence-electron chi connectivity index (χ3n) is 4.60. The topological polar surface area (TPSA) is 50.3 Å². The van der Waals surface area contributed by atoms with Gasteiger partial charge in [0.2, 0.25) is 0 Å². The van der Waals surface area contributed by atoms with Gasteiger partial charge in [0.1, 0.15) is 5.82 Å². The molecule has 5 nitrogen and oxygen atoms in total. The van der Waals surface area contributed by atoms with Crippen molar-refractivity contribution in [3.05, 3.63) is 41.1 Å². The zero-order chi connectivity index (χ0) is 17.2. The predicted molar refractivity (Wildman–Crippen MR) is 103 cm³/mol. The molecule has 0 radical (unpaired) electrons. The van der Waals surface area contributed by atoms with Crippen molar-refractivity contribution in [3.8, 4) is 11.4 Å². The maximum absolute atomic E-state index is 5.95. The van der Waals surface area contributed by atoms with E-state index in [1.54, 1.807) is 11.3 Å². The van der Waals surface area contributed by atoms with Crippen molar-refractivity contribution >= 4 is 28.1 Å². The molecule has 4 rings (SSSR count). The van der Waals surface area contributed by atoms with Crippen LogP contribution in [0.15, 0.2) is 41.1 Å². The Morgan fingerprint density at radius 1 is 1.28 bits per heavy atom. The van der Waals surface area contributed by atoms with Crippen LogP contribution < -0.4 is 5.32 Å².